The highest BCUT2D eigenvalue weighted by Gasteiger charge is 2.26. The van der Waals surface area contributed by atoms with Crippen molar-refractivity contribution in [1.82, 2.24) is 9.97 Å². The lowest BCUT2D eigenvalue weighted by atomic mass is 9.97. The summed E-state index contributed by atoms with van der Waals surface area (Å²) in [4.78, 5) is 11.6. The maximum atomic E-state index is 4.64. The van der Waals surface area contributed by atoms with Gasteiger partial charge in [-0.15, -0.1) is 0 Å². The molecule has 0 spiro atoms. The van der Waals surface area contributed by atoms with E-state index in [0.29, 0.717) is 12.0 Å². The Morgan fingerprint density at radius 2 is 2.10 bits per heavy atom. The van der Waals surface area contributed by atoms with Crippen LogP contribution in [0.1, 0.15) is 64.9 Å². The second-order valence-electron chi connectivity index (χ2n) is 5.90. The first kappa shape index (κ1) is 15.1. The van der Waals surface area contributed by atoms with Crippen molar-refractivity contribution in [3.8, 4) is 0 Å². The summed E-state index contributed by atoms with van der Waals surface area (Å²) in [5.74, 6) is 2.59. The van der Waals surface area contributed by atoms with Gasteiger partial charge in [-0.3, -0.25) is 0 Å². The van der Waals surface area contributed by atoms with E-state index in [-0.39, 0.29) is 0 Å². The van der Waals surface area contributed by atoms with Gasteiger partial charge in [-0.05, 0) is 38.5 Å². The monoisotopic (exact) mass is 276 g/mol. The number of piperidine rings is 1. The minimum absolute atomic E-state index is 0.430. The first-order valence-corrected chi connectivity index (χ1v) is 8.04. The molecule has 0 bridgehead atoms. The van der Waals surface area contributed by atoms with Gasteiger partial charge in [-0.2, -0.15) is 0 Å². The summed E-state index contributed by atoms with van der Waals surface area (Å²) in [6.07, 6.45) is 6.80. The fourth-order valence-electron chi connectivity index (χ4n) is 3.16. The highest BCUT2D eigenvalue weighted by Crippen LogP contribution is 2.34. The molecule has 4 nitrogen and oxygen atoms in total. The van der Waals surface area contributed by atoms with E-state index in [1.54, 1.807) is 6.33 Å². The van der Waals surface area contributed by atoms with Gasteiger partial charge in [0.15, 0.2) is 0 Å². The summed E-state index contributed by atoms with van der Waals surface area (Å²) in [6.45, 7) is 10.9. The third kappa shape index (κ3) is 3.05. The van der Waals surface area contributed by atoms with Crippen molar-refractivity contribution >= 4 is 11.6 Å². The van der Waals surface area contributed by atoms with Crippen LogP contribution in [0.5, 0.6) is 0 Å². The van der Waals surface area contributed by atoms with Crippen LogP contribution in [-0.2, 0) is 0 Å². The van der Waals surface area contributed by atoms with Crippen molar-refractivity contribution in [2.24, 2.45) is 0 Å². The van der Waals surface area contributed by atoms with Gasteiger partial charge < -0.3 is 10.2 Å². The molecule has 1 unspecified atom stereocenters. The van der Waals surface area contributed by atoms with E-state index < -0.39 is 0 Å². The topological polar surface area (TPSA) is 41.1 Å². The molecule has 0 aromatic carbocycles. The maximum absolute atomic E-state index is 4.64. The zero-order valence-corrected chi connectivity index (χ0v) is 13.3. The predicted octanol–water partition coefficient (Wildman–Crippen LogP) is 3.80. The molecule has 112 valence electrons. The minimum Gasteiger partial charge on any atom is -0.370 e. The smallest absolute Gasteiger partial charge is 0.137 e. The normalized spacial score (nSPS) is 19.4. The molecule has 0 radical (unpaired) electrons. The molecule has 1 saturated heterocycles. The zero-order chi connectivity index (χ0) is 14.5. The van der Waals surface area contributed by atoms with Crippen molar-refractivity contribution in [3.05, 3.63) is 11.9 Å². The average molecular weight is 276 g/mol. The molecule has 1 aromatic rings. The lowest BCUT2D eigenvalue weighted by Crippen LogP contribution is -2.40. The third-order valence-electron chi connectivity index (χ3n) is 4.15. The number of hydrogen-bond acceptors (Lipinski definition) is 4. The van der Waals surface area contributed by atoms with Crippen LogP contribution in [0.3, 0.4) is 0 Å². The molecule has 0 amide bonds. The van der Waals surface area contributed by atoms with Crippen molar-refractivity contribution < 1.29 is 0 Å². The minimum atomic E-state index is 0.430. The molecule has 1 atom stereocenters. The molecule has 4 heteroatoms. The number of nitrogens with zero attached hydrogens (tertiary/aromatic N) is 3. The van der Waals surface area contributed by atoms with E-state index in [9.17, 15) is 0 Å². The molecule has 1 fully saturated rings. The Balaban J connectivity index is 2.41. The van der Waals surface area contributed by atoms with Gasteiger partial charge in [0.2, 0.25) is 0 Å². The largest absolute Gasteiger partial charge is 0.370 e. The fourth-order valence-corrected chi connectivity index (χ4v) is 3.16. The molecule has 0 saturated carbocycles. The highest BCUT2D eigenvalue weighted by atomic mass is 15.2. The van der Waals surface area contributed by atoms with E-state index in [4.69, 9.17) is 0 Å². The maximum Gasteiger partial charge on any atom is 0.137 e. The first-order chi connectivity index (χ1) is 9.69. The molecule has 1 aliphatic rings. The van der Waals surface area contributed by atoms with E-state index in [0.717, 1.165) is 24.7 Å². The second-order valence-corrected chi connectivity index (χ2v) is 5.90. The molecule has 2 heterocycles. The summed E-state index contributed by atoms with van der Waals surface area (Å²) in [5.41, 5.74) is 1.27. The summed E-state index contributed by atoms with van der Waals surface area (Å²) < 4.78 is 0. The Kier molecular flexibility index (Phi) is 5.21. The Bertz CT molecular complexity index is 430. The number of aromatic nitrogens is 2. The van der Waals surface area contributed by atoms with Crippen LogP contribution in [0.2, 0.25) is 0 Å². The van der Waals surface area contributed by atoms with Gasteiger partial charge in [-0.25, -0.2) is 9.97 Å². The van der Waals surface area contributed by atoms with Gasteiger partial charge >= 0.3 is 0 Å². The predicted molar refractivity (Wildman–Crippen MR) is 85.6 cm³/mol. The molecule has 1 N–H and O–H groups in total. The van der Waals surface area contributed by atoms with E-state index in [1.165, 1.54) is 31.2 Å². The molecule has 20 heavy (non-hydrogen) atoms. The Morgan fingerprint density at radius 1 is 1.30 bits per heavy atom. The zero-order valence-electron chi connectivity index (χ0n) is 13.3. The summed E-state index contributed by atoms with van der Waals surface area (Å²) in [5, 5.41) is 3.39. The van der Waals surface area contributed by atoms with Crippen molar-refractivity contribution in [2.45, 2.75) is 65.3 Å². The molecule has 0 aliphatic carbocycles. The number of rotatable bonds is 5. The molecular formula is C16H28N4. The van der Waals surface area contributed by atoms with Crippen LogP contribution in [0.15, 0.2) is 6.33 Å². The van der Waals surface area contributed by atoms with E-state index in [1.807, 2.05) is 0 Å². The van der Waals surface area contributed by atoms with E-state index >= 15 is 0 Å². The lowest BCUT2D eigenvalue weighted by Gasteiger charge is -2.38. The standard InChI is InChI=1S/C16H28N4/c1-5-13-9-7-8-10-20(13)16-14(12(3)4)15(17-6-2)18-11-19-16/h11-13H,5-10H2,1-4H3,(H,17,18,19). The fraction of sp³-hybridized carbons (Fsp3) is 0.750. The van der Waals surface area contributed by atoms with Crippen molar-refractivity contribution in [3.63, 3.8) is 0 Å². The average Bonchev–Trinajstić information content (AvgIpc) is 2.47. The summed E-state index contributed by atoms with van der Waals surface area (Å²) in [7, 11) is 0. The van der Waals surface area contributed by atoms with Gasteiger partial charge in [0.25, 0.3) is 0 Å². The van der Waals surface area contributed by atoms with E-state index in [2.05, 4.69) is 47.9 Å². The quantitative estimate of drug-likeness (QED) is 0.888. The SMILES string of the molecule is CCNc1ncnc(N2CCCCC2CC)c1C(C)C. The van der Waals surface area contributed by atoms with Gasteiger partial charge in [0.05, 0.1) is 0 Å². The summed E-state index contributed by atoms with van der Waals surface area (Å²) >= 11 is 0. The number of nitrogens with one attached hydrogen (secondary N) is 1. The van der Waals surface area contributed by atoms with Crippen LogP contribution in [0.4, 0.5) is 11.6 Å². The summed E-state index contributed by atoms with van der Waals surface area (Å²) in [6, 6.07) is 0.630. The van der Waals surface area contributed by atoms with Crippen LogP contribution in [0.25, 0.3) is 0 Å². The van der Waals surface area contributed by atoms with Crippen LogP contribution in [0, 0.1) is 0 Å². The molecule has 1 aliphatic heterocycles. The number of anilines is 2. The van der Waals surface area contributed by atoms with Crippen molar-refractivity contribution in [1.29, 1.82) is 0 Å². The van der Waals surface area contributed by atoms with Crippen LogP contribution >= 0.6 is 0 Å². The Labute approximate surface area is 123 Å². The highest BCUT2D eigenvalue weighted by molar-refractivity contribution is 5.61. The molecule has 2 rings (SSSR count). The lowest BCUT2D eigenvalue weighted by molar-refractivity contribution is 0.445. The van der Waals surface area contributed by atoms with Crippen LogP contribution in [-0.4, -0.2) is 29.1 Å². The van der Waals surface area contributed by atoms with Gasteiger partial charge in [0.1, 0.15) is 18.0 Å². The number of hydrogen-bond donors (Lipinski definition) is 1. The third-order valence-corrected chi connectivity index (χ3v) is 4.15. The Hall–Kier alpha value is -1.32. The van der Waals surface area contributed by atoms with Gasteiger partial charge in [0, 0.05) is 24.7 Å². The van der Waals surface area contributed by atoms with Crippen molar-refractivity contribution in [2.75, 3.05) is 23.3 Å². The van der Waals surface area contributed by atoms with Crippen LogP contribution < -0.4 is 10.2 Å². The second kappa shape index (κ2) is 6.91. The molecule has 1 aromatic heterocycles. The Morgan fingerprint density at radius 3 is 2.75 bits per heavy atom. The molecular weight excluding hydrogens is 248 g/mol. The van der Waals surface area contributed by atoms with Gasteiger partial charge in [-0.1, -0.05) is 20.8 Å². The first-order valence-electron chi connectivity index (χ1n) is 8.04.